The normalized spacial score (nSPS) is 12.5. The van der Waals surface area contributed by atoms with Crippen molar-refractivity contribution in [2.24, 2.45) is 10.9 Å². The standard InChI is InChI=1S/C23H30N6O/c1-3-24-23(25-13-18(2)15-30-16-19-8-5-4-6-9-19)26-14-20-10-7-11-21(12-20)22-27-17-28-29-22/h4-12,17-18H,3,13-16H2,1-2H3,(H2,24,25,26)(H,27,28,29). The summed E-state index contributed by atoms with van der Waals surface area (Å²) in [6.45, 7) is 7.75. The molecule has 3 rings (SSSR count). The zero-order valence-corrected chi connectivity index (χ0v) is 17.6. The largest absolute Gasteiger partial charge is 0.376 e. The van der Waals surface area contributed by atoms with Crippen LogP contribution in [0.25, 0.3) is 11.4 Å². The second kappa shape index (κ2) is 11.7. The van der Waals surface area contributed by atoms with E-state index in [4.69, 9.17) is 9.73 Å². The molecule has 0 saturated heterocycles. The van der Waals surface area contributed by atoms with Gasteiger partial charge in [-0.1, -0.05) is 55.5 Å². The molecule has 0 aliphatic heterocycles. The summed E-state index contributed by atoms with van der Waals surface area (Å²) < 4.78 is 5.84. The summed E-state index contributed by atoms with van der Waals surface area (Å²) in [6, 6.07) is 18.4. The quantitative estimate of drug-likeness (QED) is 0.355. The maximum Gasteiger partial charge on any atom is 0.191 e. The number of hydrogen-bond donors (Lipinski definition) is 3. The highest BCUT2D eigenvalue weighted by molar-refractivity contribution is 5.79. The van der Waals surface area contributed by atoms with Crippen molar-refractivity contribution in [3.63, 3.8) is 0 Å². The summed E-state index contributed by atoms with van der Waals surface area (Å²) >= 11 is 0. The van der Waals surface area contributed by atoms with Crippen LogP contribution >= 0.6 is 0 Å². The maximum absolute atomic E-state index is 5.84. The smallest absolute Gasteiger partial charge is 0.191 e. The molecule has 0 aliphatic rings. The Labute approximate surface area is 178 Å². The van der Waals surface area contributed by atoms with Crippen LogP contribution in [0.2, 0.25) is 0 Å². The Hall–Kier alpha value is -3.19. The molecule has 1 atom stereocenters. The van der Waals surface area contributed by atoms with E-state index in [0.29, 0.717) is 25.7 Å². The van der Waals surface area contributed by atoms with Gasteiger partial charge in [0, 0.05) is 18.7 Å². The number of aromatic amines is 1. The maximum atomic E-state index is 5.84. The molecule has 30 heavy (non-hydrogen) atoms. The van der Waals surface area contributed by atoms with E-state index in [0.717, 1.165) is 36.0 Å². The number of H-pyrrole nitrogens is 1. The topological polar surface area (TPSA) is 87.2 Å². The third-order valence-electron chi connectivity index (χ3n) is 4.51. The van der Waals surface area contributed by atoms with Gasteiger partial charge in [-0.15, -0.1) is 0 Å². The highest BCUT2D eigenvalue weighted by atomic mass is 16.5. The van der Waals surface area contributed by atoms with E-state index in [2.05, 4.69) is 63.9 Å². The first-order chi connectivity index (χ1) is 14.7. The van der Waals surface area contributed by atoms with Crippen LogP contribution in [0.15, 0.2) is 65.9 Å². The molecule has 1 unspecified atom stereocenters. The molecule has 0 fully saturated rings. The van der Waals surface area contributed by atoms with Gasteiger partial charge in [0.1, 0.15) is 6.33 Å². The number of rotatable bonds is 10. The van der Waals surface area contributed by atoms with E-state index in [1.165, 1.54) is 11.9 Å². The molecule has 0 bridgehead atoms. The second-order valence-electron chi connectivity index (χ2n) is 7.22. The third kappa shape index (κ3) is 7.00. The molecule has 7 heteroatoms. The van der Waals surface area contributed by atoms with Gasteiger partial charge in [-0.3, -0.25) is 5.10 Å². The Bertz CT molecular complexity index is 895. The van der Waals surface area contributed by atoms with Crippen LogP contribution in [0, 0.1) is 5.92 Å². The molecular weight excluding hydrogens is 376 g/mol. The van der Waals surface area contributed by atoms with Crippen LogP contribution in [0.4, 0.5) is 0 Å². The summed E-state index contributed by atoms with van der Waals surface area (Å²) in [7, 11) is 0. The van der Waals surface area contributed by atoms with E-state index in [1.54, 1.807) is 0 Å². The van der Waals surface area contributed by atoms with Crippen LogP contribution in [0.3, 0.4) is 0 Å². The Morgan fingerprint density at radius 2 is 1.93 bits per heavy atom. The van der Waals surface area contributed by atoms with Gasteiger partial charge in [0.2, 0.25) is 0 Å². The molecule has 0 spiro atoms. The van der Waals surface area contributed by atoms with Crippen LogP contribution in [0.5, 0.6) is 0 Å². The number of guanidine groups is 1. The number of aromatic nitrogens is 3. The predicted octanol–water partition coefficient (Wildman–Crippen LogP) is 3.38. The lowest BCUT2D eigenvalue weighted by molar-refractivity contribution is 0.0931. The fraction of sp³-hybridized carbons (Fsp3) is 0.348. The van der Waals surface area contributed by atoms with Gasteiger partial charge in [-0.25, -0.2) is 9.98 Å². The van der Waals surface area contributed by atoms with Crippen molar-refractivity contribution < 1.29 is 4.74 Å². The van der Waals surface area contributed by atoms with Gasteiger partial charge in [0.15, 0.2) is 11.8 Å². The van der Waals surface area contributed by atoms with Gasteiger partial charge in [-0.05, 0) is 30.0 Å². The zero-order valence-electron chi connectivity index (χ0n) is 17.6. The van der Waals surface area contributed by atoms with Gasteiger partial charge in [0.25, 0.3) is 0 Å². The lowest BCUT2D eigenvalue weighted by Gasteiger charge is -2.16. The van der Waals surface area contributed by atoms with E-state index in [-0.39, 0.29) is 0 Å². The number of hydrogen-bond acceptors (Lipinski definition) is 4. The van der Waals surface area contributed by atoms with Crippen LogP contribution in [-0.4, -0.2) is 40.8 Å². The number of ether oxygens (including phenoxy) is 1. The van der Waals surface area contributed by atoms with Gasteiger partial charge < -0.3 is 15.4 Å². The Balaban J connectivity index is 1.47. The molecule has 0 radical (unpaired) electrons. The molecule has 0 aliphatic carbocycles. The summed E-state index contributed by atoms with van der Waals surface area (Å²) in [5.74, 6) is 1.93. The first kappa shape index (κ1) is 21.5. The van der Waals surface area contributed by atoms with Crippen LogP contribution < -0.4 is 10.6 Å². The van der Waals surface area contributed by atoms with Crippen molar-refractivity contribution in [1.82, 2.24) is 25.8 Å². The zero-order chi connectivity index (χ0) is 21.0. The van der Waals surface area contributed by atoms with Gasteiger partial charge in [0.05, 0.1) is 19.8 Å². The van der Waals surface area contributed by atoms with E-state index in [9.17, 15) is 0 Å². The molecule has 158 valence electrons. The Morgan fingerprint density at radius 3 is 2.70 bits per heavy atom. The fourth-order valence-electron chi connectivity index (χ4n) is 2.96. The molecule has 3 N–H and O–H groups in total. The van der Waals surface area contributed by atoms with Crippen molar-refractivity contribution in [3.05, 3.63) is 72.1 Å². The van der Waals surface area contributed by atoms with E-state index in [1.807, 2.05) is 30.3 Å². The molecule has 3 aromatic rings. The van der Waals surface area contributed by atoms with Crippen molar-refractivity contribution >= 4 is 5.96 Å². The summed E-state index contributed by atoms with van der Waals surface area (Å²) in [6.07, 6.45) is 1.51. The van der Waals surface area contributed by atoms with Gasteiger partial charge in [-0.2, -0.15) is 5.10 Å². The average Bonchev–Trinajstić information content (AvgIpc) is 3.32. The highest BCUT2D eigenvalue weighted by Gasteiger charge is 2.06. The first-order valence-corrected chi connectivity index (χ1v) is 10.3. The number of benzene rings is 2. The molecule has 2 aromatic carbocycles. The number of nitrogens with one attached hydrogen (secondary N) is 3. The fourth-order valence-corrected chi connectivity index (χ4v) is 2.96. The summed E-state index contributed by atoms with van der Waals surface area (Å²) in [5, 5.41) is 13.5. The minimum absolute atomic E-state index is 0.368. The number of nitrogens with zero attached hydrogens (tertiary/aromatic N) is 3. The van der Waals surface area contributed by atoms with Crippen LogP contribution in [0.1, 0.15) is 25.0 Å². The van der Waals surface area contributed by atoms with Crippen molar-refractivity contribution in [3.8, 4) is 11.4 Å². The molecule has 1 heterocycles. The summed E-state index contributed by atoms with van der Waals surface area (Å²) in [5.41, 5.74) is 3.31. The van der Waals surface area contributed by atoms with Crippen molar-refractivity contribution in [2.75, 3.05) is 19.7 Å². The average molecular weight is 407 g/mol. The molecule has 7 nitrogen and oxygen atoms in total. The van der Waals surface area contributed by atoms with E-state index < -0.39 is 0 Å². The van der Waals surface area contributed by atoms with Gasteiger partial charge >= 0.3 is 0 Å². The van der Waals surface area contributed by atoms with Crippen LogP contribution in [-0.2, 0) is 17.9 Å². The van der Waals surface area contributed by atoms with E-state index >= 15 is 0 Å². The summed E-state index contributed by atoms with van der Waals surface area (Å²) in [4.78, 5) is 8.92. The minimum Gasteiger partial charge on any atom is -0.376 e. The Kier molecular flexibility index (Phi) is 8.41. The minimum atomic E-state index is 0.368. The lowest BCUT2D eigenvalue weighted by atomic mass is 10.1. The predicted molar refractivity (Wildman–Crippen MR) is 120 cm³/mol. The lowest BCUT2D eigenvalue weighted by Crippen LogP contribution is -2.40. The highest BCUT2D eigenvalue weighted by Crippen LogP contribution is 2.15. The van der Waals surface area contributed by atoms with Crippen molar-refractivity contribution in [2.45, 2.75) is 27.0 Å². The number of aliphatic imine (C=N–C) groups is 1. The second-order valence-corrected chi connectivity index (χ2v) is 7.22. The monoisotopic (exact) mass is 406 g/mol. The molecule has 0 saturated carbocycles. The van der Waals surface area contributed by atoms with Crippen molar-refractivity contribution in [1.29, 1.82) is 0 Å². The first-order valence-electron chi connectivity index (χ1n) is 10.3. The SMILES string of the molecule is CCNC(=NCc1cccc(-c2ncn[nH]2)c1)NCC(C)COCc1ccccc1. The molecular formula is C23H30N6O. The third-order valence-corrected chi connectivity index (χ3v) is 4.51. The molecule has 1 aromatic heterocycles. The Morgan fingerprint density at radius 1 is 1.10 bits per heavy atom. The molecule has 0 amide bonds.